The van der Waals surface area contributed by atoms with Gasteiger partial charge in [0.05, 0.1) is 0 Å². The molecule has 0 saturated carbocycles. The van der Waals surface area contributed by atoms with Crippen molar-refractivity contribution in [3.05, 3.63) is 131 Å². The molecule has 6 aromatic carbocycles. The van der Waals surface area contributed by atoms with E-state index in [1.165, 1.54) is 91.7 Å². The fourth-order valence-corrected chi connectivity index (χ4v) is 5.67. The van der Waals surface area contributed by atoms with Gasteiger partial charge >= 0.3 is 37.9 Å². The Morgan fingerprint density at radius 2 is 1.04 bits per heavy atom. The van der Waals surface area contributed by atoms with Crippen molar-refractivity contribution in [1.82, 2.24) is 0 Å². The Labute approximate surface area is 293 Å². The molecule has 0 amide bonds. The molecule has 0 aliphatic rings. The van der Waals surface area contributed by atoms with Gasteiger partial charge in [0.2, 0.25) is 0 Å². The van der Waals surface area contributed by atoms with Gasteiger partial charge in [-0.25, -0.2) is 0 Å². The van der Waals surface area contributed by atoms with Crippen LogP contribution in [-0.4, -0.2) is 9.52 Å². The van der Waals surface area contributed by atoms with Gasteiger partial charge in [-0.15, -0.1) is 69.1 Å². The molecule has 2 radical (unpaired) electrons. The first kappa shape index (κ1) is 37.2. The summed E-state index contributed by atoms with van der Waals surface area (Å²) in [5, 5.41) is 5.44. The van der Waals surface area contributed by atoms with Gasteiger partial charge < -0.3 is 0 Å². The van der Waals surface area contributed by atoms with Gasteiger partial charge in [0.15, 0.2) is 0 Å². The van der Waals surface area contributed by atoms with Crippen LogP contribution in [0.4, 0.5) is 0 Å². The molecule has 0 saturated heterocycles. The molecule has 0 heterocycles. The minimum absolute atomic E-state index is 0.826. The molecule has 0 fully saturated rings. The van der Waals surface area contributed by atoms with E-state index in [0.717, 1.165) is 15.9 Å². The van der Waals surface area contributed by atoms with Crippen LogP contribution < -0.4 is 0 Å². The second-order valence-electron chi connectivity index (χ2n) is 11.3. The zero-order valence-corrected chi connectivity index (χ0v) is 32.7. The standard InChI is InChI=1S/C20H21.C19H19.C2H6Si.2ClH.Zr/c1-3-6-16-9-11-17(12-10-16)19-8-5-7-18-13-15(4-2)14-20(18)19;1-3-5-15-8-10-16(11-9-15)18-7-4-6-17-12-14(2)13-19(17)18;1-3-2;;;/h5,7-14H,3-4,6H2,1-2H3;4,6-13H,3,5H2,1-2H3;1-2H3;2*1H;/q2*-1;;;;+4/p-2. The number of fused-ring (bicyclic) bond motifs is 2. The summed E-state index contributed by atoms with van der Waals surface area (Å²) in [5.74, 6) is 0. The number of benzene rings is 4. The van der Waals surface area contributed by atoms with Gasteiger partial charge in [-0.1, -0.05) is 125 Å². The van der Waals surface area contributed by atoms with Crippen molar-refractivity contribution >= 4 is 48.1 Å². The number of hydrogen-bond acceptors (Lipinski definition) is 0. The molecule has 0 atom stereocenters. The second-order valence-corrected chi connectivity index (χ2v) is 16.1. The molecule has 0 nitrogen and oxygen atoms in total. The molecule has 0 unspecified atom stereocenters. The zero-order chi connectivity index (χ0) is 32.6. The molecular formula is C41H46Cl2SiZr. The third-order valence-electron chi connectivity index (χ3n) is 7.72. The van der Waals surface area contributed by atoms with Crippen LogP contribution in [0.5, 0.6) is 0 Å². The van der Waals surface area contributed by atoms with Crippen LogP contribution in [0.15, 0.2) is 109 Å². The summed E-state index contributed by atoms with van der Waals surface area (Å²) in [4.78, 5) is 0. The summed E-state index contributed by atoms with van der Waals surface area (Å²) in [5.41, 5.74) is 11.0. The van der Waals surface area contributed by atoms with Crippen molar-refractivity contribution < 1.29 is 20.8 Å². The van der Waals surface area contributed by atoms with Crippen LogP contribution in [0.1, 0.15) is 55.9 Å². The van der Waals surface area contributed by atoms with Crippen LogP contribution in [-0.2, 0) is 40.1 Å². The van der Waals surface area contributed by atoms with E-state index in [1.54, 1.807) is 0 Å². The Morgan fingerprint density at radius 1 is 0.622 bits per heavy atom. The molecule has 6 aromatic rings. The first-order valence-electron chi connectivity index (χ1n) is 16.0. The Kier molecular flexibility index (Phi) is 16.6. The Bertz CT molecular complexity index is 1690. The van der Waals surface area contributed by atoms with Gasteiger partial charge in [0.25, 0.3) is 0 Å². The molecule has 0 N–H and O–H groups in total. The van der Waals surface area contributed by atoms with Gasteiger partial charge in [-0.2, -0.15) is 12.1 Å². The normalized spacial score (nSPS) is 10.2. The predicted octanol–water partition coefficient (Wildman–Crippen LogP) is 13.4. The number of rotatable bonds is 7. The fourth-order valence-electron chi connectivity index (χ4n) is 5.67. The van der Waals surface area contributed by atoms with Gasteiger partial charge in [-0.3, -0.25) is 0 Å². The molecule has 6 rings (SSSR count). The Morgan fingerprint density at radius 3 is 1.47 bits per heavy atom. The van der Waals surface area contributed by atoms with Gasteiger partial charge in [-0.05, 0) is 41.5 Å². The van der Waals surface area contributed by atoms with E-state index in [9.17, 15) is 0 Å². The third-order valence-corrected chi connectivity index (χ3v) is 7.72. The summed E-state index contributed by atoms with van der Waals surface area (Å²) in [6.45, 7) is 13.1. The summed E-state index contributed by atoms with van der Waals surface area (Å²) in [6.07, 6.45) is 5.85. The van der Waals surface area contributed by atoms with Crippen molar-refractivity contribution in [2.75, 3.05) is 0 Å². The number of halogens is 2. The Balaban J connectivity index is 0.000000209. The monoisotopic (exact) mass is 726 g/mol. The quantitative estimate of drug-likeness (QED) is 0.113. The molecule has 4 heteroatoms. The summed E-state index contributed by atoms with van der Waals surface area (Å²) < 4.78 is 0. The number of hydrogen-bond donors (Lipinski definition) is 0. The van der Waals surface area contributed by atoms with Crippen molar-refractivity contribution in [3.63, 3.8) is 0 Å². The van der Waals surface area contributed by atoms with Crippen molar-refractivity contribution in [2.45, 2.75) is 72.9 Å². The predicted molar refractivity (Wildman–Crippen MR) is 201 cm³/mol. The average molecular weight is 729 g/mol. The Hall–Kier alpha value is -2.22. The van der Waals surface area contributed by atoms with E-state index in [1.807, 2.05) is 0 Å². The van der Waals surface area contributed by atoms with Crippen molar-refractivity contribution in [3.8, 4) is 22.3 Å². The first-order chi connectivity index (χ1) is 21.9. The second kappa shape index (κ2) is 20.1. The van der Waals surface area contributed by atoms with Crippen LogP contribution in [0, 0.1) is 6.92 Å². The summed E-state index contributed by atoms with van der Waals surface area (Å²) in [7, 11) is 11.0. The summed E-state index contributed by atoms with van der Waals surface area (Å²) in [6, 6.07) is 40.4. The van der Waals surface area contributed by atoms with Gasteiger partial charge in [0, 0.05) is 9.52 Å². The van der Waals surface area contributed by atoms with E-state index in [-0.39, 0.29) is 0 Å². The zero-order valence-electron chi connectivity index (χ0n) is 27.7. The molecule has 0 aliphatic heterocycles. The molecule has 45 heavy (non-hydrogen) atoms. The van der Waals surface area contributed by atoms with E-state index in [4.69, 9.17) is 17.0 Å². The SMILES string of the molecule is CCCc1ccc(-c2cccc3[cH-]c(C)cc23)cc1.CCCc1ccc(-c2cccc3[cH-]c(CC)cc23)cc1.C[Si]C.[Cl][Zr+2][Cl]. The van der Waals surface area contributed by atoms with Crippen molar-refractivity contribution in [2.24, 2.45) is 0 Å². The minimum atomic E-state index is -0.826. The van der Waals surface area contributed by atoms with Crippen molar-refractivity contribution in [1.29, 1.82) is 0 Å². The maximum absolute atomic E-state index is 4.93. The summed E-state index contributed by atoms with van der Waals surface area (Å²) >= 11 is -0.826. The van der Waals surface area contributed by atoms with E-state index >= 15 is 0 Å². The van der Waals surface area contributed by atoms with E-state index in [2.05, 4.69) is 150 Å². The van der Waals surface area contributed by atoms with Crippen LogP contribution in [0.2, 0.25) is 13.1 Å². The van der Waals surface area contributed by atoms with Crippen LogP contribution >= 0.6 is 17.0 Å². The van der Waals surface area contributed by atoms with Crippen LogP contribution in [0.25, 0.3) is 43.8 Å². The molecule has 0 bridgehead atoms. The maximum atomic E-state index is 4.93. The third kappa shape index (κ3) is 10.9. The molecule has 232 valence electrons. The topological polar surface area (TPSA) is 0 Å². The number of aryl methyl sites for hydroxylation is 4. The molecule has 0 aromatic heterocycles. The van der Waals surface area contributed by atoms with Gasteiger partial charge in [0.1, 0.15) is 0 Å². The molecular weight excluding hydrogens is 683 g/mol. The van der Waals surface area contributed by atoms with Crippen LogP contribution in [0.3, 0.4) is 0 Å². The van der Waals surface area contributed by atoms with E-state index in [0.29, 0.717) is 0 Å². The fraction of sp³-hybridized carbons (Fsp3) is 0.268. The van der Waals surface area contributed by atoms with E-state index < -0.39 is 20.8 Å². The molecule has 0 spiro atoms. The average Bonchev–Trinajstić information content (AvgIpc) is 3.66. The first-order valence-corrected chi connectivity index (χ1v) is 24.3. The molecule has 0 aliphatic carbocycles.